The Labute approximate surface area is 238 Å². The minimum atomic E-state index is -0.375. The number of carbonyl (C=O) groups is 3. The molecule has 0 saturated heterocycles. The summed E-state index contributed by atoms with van der Waals surface area (Å²) in [6, 6.07) is 18.0. The summed E-state index contributed by atoms with van der Waals surface area (Å²) in [5, 5.41) is 6.22. The molecule has 3 aromatic rings. The number of esters is 1. The van der Waals surface area contributed by atoms with Crippen LogP contribution in [0.25, 0.3) is 0 Å². The summed E-state index contributed by atoms with van der Waals surface area (Å²) in [5.74, 6) is -0.154. The lowest BCUT2D eigenvalue weighted by Gasteiger charge is -2.23. The van der Waals surface area contributed by atoms with Gasteiger partial charge in [0.25, 0.3) is 0 Å². The quantitative estimate of drug-likeness (QED) is 0.187. The fourth-order valence-corrected chi connectivity index (χ4v) is 7.21. The molecule has 2 aromatic carbocycles. The van der Waals surface area contributed by atoms with Gasteiger partial charge in [0.05, 0.1) is 17.4 Å². The molecule has 4 rings (SSSR count). The van der Waals surface area contributed by atoms with Gasteiger partial charge in [-0.2, -0.15) is 0 Å². The molecule has 0 fully saturated rings. The maximum Gasteiger partial charge on any atom is 0.341 e. The third kappa shape index (κ3) is 7.31. The lowest BCUT2D eigenvalue weighted by molar-refractivity contribution is -0.116. The van der Waals surface area contributed by atoms with E-state index < -0.39 is 0 Å². The number of rotatable bonds is 11. The number of hydrogen-bond donors (Lipinski definition) is 2. The van der Waals surface area contributed by atoms with E-state index in [0.717, 1.165) is 46.7 Å². The van der Waals surface area contributed by atoms with Crippen molar-refractivity contribution in [2.24, 2.45) is 0 Å². The number of benzene rings is 2. The van der Waals surface area contributed by atoms with Crippen LogP contribution >= 0.6 is 23.1 Å². The number of ether oxygens (including phenoxy) is 1. The van der Waals surface area contributed by atoms with Gasteiger partial charge < -0.3 is 15.4 Å². The standard InChI is InChI=1S/C31H36N2O4S2/c1-4-11-27(34)32-22-14-10-15-23(19-22)38-25(5-2)29(35)33-30-28(31(36)37-6-3)24-17-16-21(18-26(24)39-30)20-12-8-7-9-13-20/h7-10,12-15,19,21,25H,4-6,11,16-18H2,1-3H3,(H,32,34)(H,33,35). The van der Waals surface area contributed by atoms with Gasteiger partial charge in [-0.1, -0.05) is 50.2 Å². The van der Waals surface area contributed by atoms with Crippen molar-refractivity contribution in [3.05, 3.63) is 76.2 Å². The Kier molecular flexibility index (Phi) is 10.2. The maximum absolute atomic E-state index is 13.5. The van der Waals surface area contributed by atoms with Gasteiger partial charge >= 0.3 is 5.97 Å². The molecule has 0 bridgehead atoms. The molecule has 39 heavy (non-hydrogen) atoms. The van der Waals surface area contributed by atoms with E-state index in [0.29, 0.717) is 29.3 Å². The van der Waals surface area contributed by atoms with Crippen molar-refractivity contribution in [1.82, 2.24) is 0 Å². The van der Waals surface area contributed by atoms with Gasteiger partial charge in [0.15, 0.2) is 0 Å². The highest BCUT2D eigenvalue weighted by Crippen LogP contribution is 2.43. The van der Waals surface area contributed by atoms with Gasteiger partial charge in [-0.05, 0) is 74.3 Å². The SMILES string of the molecule is CCCC(=O)Nc1cccc(SC(CC)C(=O)Nc2sc3c(c2C(=O)OCC)CCC(c2ccccc2)C3)c1. The zero-order chi connectivity index (χ0) is 27.8. The Bertz CT molecular complexity index is 1310. The van der Waals surface area contributed by atoms with Gasteiger partial charge in [-0.15, -0.1) is 23.1 Å². The Morgan fingerprint density at radius 3 is 2.56 bits per heavy atom. The molecule has 1 heterocycles. The zero-order valence-electron chi connectivity index (χ0n) is 22.8. The van der Waals surface area contributed by atoms with Gasteiger partial charge in [0.1, 0.15) is 5.00 Å². The summed E-state index contributed by atoms with van der Waals surface area (Å²) in [6.45, 7) is 6.01. The average Bonchev–Trinajstić information content (AvgIpc) is 3.29. The van der Waals surface area contributed by atoms with E-state index in [2.05, 4.69) is 34.9 Å². The number of nitrogens with one attached hydrogen (secondary N) is 2. The van der Waals surface area contributed by atoms with E-state index in [1.807, 2.05) is 44.2 Å². The molecule has 206 valence electrons. The topological polar surface area (TPSA) is 84.5 Å². The van der Waals surface area contributed by atoms with E-state index in [1.165, 1.54) is 28.7 Å². The van der Waals surface area contributed by atoms with Crippen LogP contribution in [0, 0.1) is 0 Å². The molecule has 6 nitrogen and oxygen atoms in total. The normalized spacial score (nSPS) is 15.2. The van der Waals surface area contributed by atoms with Crippen LogP contribution in [0.3, 0.4) is 0 Å². The van der Waals surface area contributed by atoms with Crippen LogP contribution < -0.4 is 10.6 Å². The van der Waals surface area contributed by atoms with E-state index in [1.54, 1.807) is 6.92 Å². The van der Waals surface area contributed by atoms with Crippen molar-refractivity contribution < 1.29 is 19.1 Å². The van der Waals surface area contributed by atoms with E-state index >= 15 is 0 Å². The van der Waals surface area contributed by atoms with Crippen LogP contribution in [0.5, 0.6) is 0 Å². The number of anilines is 2. The van der Waals surface area contributed by atoms with Gasteiger partial charge in [-0.3, -0.25) is 9.59 Å². The number of fused-ring (bicyclic) bond motifs is 1. The van der Waals surface area contributed by atoms with Crippen molar-refractivity contribution in [2.75, 3.05) is 17.2 Å². The molecule has 0 saturated carbocycles. The predicted molar refractivity (Wildman–Crippen MR) is 160 cm³/mol. The third-order valence-corrected chi connectivity index (χ3v) is 9.32. The first-order chi connectivity index (χ1) is 18.9. The highest BCUT2D eigenvalue weighted by molar-refractivity contribution is 8.00. The van der Waals surface area contributed by atoms with Gasteiger partial charge in [0.2, 0.25) is 11.8 Å². The average molecular weight is 565 g/mol. The largest absolute Gasteiger partial charge is 0.462 e. The van der Waals surface area contributed by atoms with Crippen molar-refractivity contribution in [3.63, 3.8) is 0 Å². The molecule has 8 heteroatoms. The minimum absolute atomic E-state index is 0.0212. The summed E-state index contributed by atoms with van der Waals surface area (Å²) in [6.07, 6.45) is 4.43. The van der Waals surface area contributed by atoms with Crippen molar-refractivity contribution in [1.29, 1.82) is 0 Å². The lowest BCUT2D eigenvalue weighted by Crippen LogP contribution is -2.25. The summed E-state index contributed by atoms with van der Waals surface area (Å²) < 4.78 is 5.41. The molecule has 2 atom stereocenters. The van der Waals surface area contributed by atoms with Crippen LogP contribution in [-0.4, -0.2) is 29.6 Å². The Morgan fingerprint density at radius 1 is 1.05 bits per heavy atom. The molecule has 1 aliphatic carbocycles. The molecule has 2 unspecified atom stereocenters. The molecule has 0 radical (unpaired) electrons. The maximum atomic E-state index is 13.5. The van der Waals surface area contributed by atoms with E-state index in [-0.39, 0.29) is 29.6 Å². The second-order valence-electron chi connectivity index (χ2n) is 9.61. The first-order valence-corrected chi connectivity index (χ1v) is 15.4. The van der Waals surface area contributed by atoms with Crippen LogP contribution in [0.2, 0.25) is 0 Å². The Morgan fingerprint density at radius 2 is 1.85 bits per heavy atom. The minimum Gasteiger partial charge on any atom is -0.462 e. The highest BCUT2D eigenvalue weighted by atomic mass is 32.2. The fraction of sp³-hybridized carbons (Fsp3) is 0.387. The van der Waals surface area contributed by atoms with Crippen LogP contribution in [0.1, 0.15) is 78.7 Å². The summed E-state index contributed by atoms with van der Waals surface area (Å²) in [5.41, 5.74) is 3.54. The van der Waals surface area contributed by atoms with Gasteiger partial charge in [0, 0.05) is 21.9 Å². The Hall–Kier alpha value is -3.10. The van der Waals surface area contributed by atoms with E-state index in [4.69, 9.17) is 4.74 Å². The summed E-state index contributed by atoms with van der Waals surface area (Å²) in [4.78, 5) is 40.6. The number of hydrogen-bond acceptors (Lipinski definition) is 6. The monoisotopic (exact) mass is 564 g/mol. The smallest absolute Gasteiger partial charge is 0.341 e. The first kappa shape index (κ1) is 28.9. The van der Waals surface area contributed by atoms with Gasteiger partial charge in [-0.25, -0.2) is 4.79 Å². The highest BCUT2D eigenvalue weighted by Gasteiger charge is 2.31. The third-order valence-electron chi connectivity index (χ3n) is 6.79. The second-order valence-corrected chi connectivity index (χ2v) is 12.0. The summed E-state index contributed by atoms with van der Waals surface area (Å²) >= 11 is 2.95. The molecule has 2 N–H and O–H groups in total. The number of thioether (sulfide) groups is 1. The summed E-state index contributed by atoms with van der Waals surface area (Å²) in [7, 11) is 0. The van der Waals surface area contributed by atoms with Crippen LogP contribution in [0.15, 0.2) is 59.5 Å². The molecule has 2 amide bonds. The number of carbonyl (C=O) groups excluding carboxylic acids is 3. The first-order valence-electron chi connectivity index (χ1n) is 13.7. The molecular formula is C31H36N2O4S2. The van der Waals surface area contributed by atoms with E-state index in [9.17, 15) is 14.4 Å². The van der Waals surface area contributed by atoms with Crippen LogP contribution in [0.4, 0.5) is 10.7 Å². The Balaban J connectivity index is 1.52. The molecule has 1 aromatic heterocycles. The van der Waals surface area contributed by atoms with Crippen molar-refractivity contribution >= 4 is 51.6 Å². The van der Waals surface area contributed by atoms with Crippen molar-refractivity contribution in [3.8, 4) is 0 Å². The molecular weight excluding hydrogens is 528 g/mol. The van der Waals surface area contributed by atoms with Crippen LogP contribution in [-0.2, 0) is 27.2 Å². The second kappa shape index (κ2) is 13.8. The molecule has 0 aliphatic heterocycles. The number of amides is 2. The van der Waals surface area contributed by atoms with Crippen molar-refractivity contribution in [2.45, 2.75) is 75.4 Å². The lowest BCUT2D eigenvalue weighted by atomic mass is 9.83. The number of thiophene rings is 1. The molecule has 0 spiro atoms. The predicted octanol–water partition coefficient (Wildman–Crippen LogP) is 7.45. The fourth-order valence-electron chi connectivity index (χ4n) is 4.88. The zero-order valence-corrected chi connectivity index (χ0v) is 24.4. The molecule has 1 aliphatic rings.